The molecule has 0 aromatic heterocycles. The molecular formula is C17H27N3O4S. The highest BCUT2D eigenvalue weighted by atomic mass is 32.2. The predicted octanol–water partition coefficient (Wildman–Crippen LogP) is 0.652. The summed E-state index contributed by atoms with van der Waals surface area (Å²) in [6.07, 6.45) is 0.788. The van der Waals surface area contributed by atoms with E-state index >= 15 is 0 Å². The molecule has 1 amide bonds. The Labute approximate surface area is 150 Å². The fourth-order valence-electron chi connectivity index (χ4n) is 2.78. The van der Waals surface area contributed by atoms with Crippen LogP contribution in [0.2, 0.25) is 0 Å². The van der Waals surface area contributed by atoms with Crippen LogP contribution in [0.25, 0.3) is 0 Å². The van der Waals surface area contributed by atoms with Crippen molar-refractivity contribution >= 4 is 15.9 Å². The lowest BCUT2D eigenvalue weighted by atomic mass is 10.1. The van der Waals surface area contributed by atoms with E-state index in [1.165, 1.54) is 24.5 Å². The van der Waals surface area contributed by atoms with Crippen molar-refractivity contribution in [2.24, 2.45) is 0 Å². The molecule has 7 nitrogen and oxygen atoms in total. The largest absolute Gasteiger partial charge is 0.496 e. The first-order valence-corrected chi connectivity index (χ1v) is 9.75. The van der Waals surface area contributed by atoms with Gasteiger partial charge in [-0.05, 0) is 37.2 Å². The van der Waals surface area contributed by atoms with E-state index < -0.39 is 10.0 Å². The third-order valence-electron chi connectivity index (χ3n) is 4.49. The van der Waals surface area contributed by atoms with E-state index in [-0.39, 0.29) is 10.8 Å². The Morgan fingerprint density at radius 3 is 2.40 bits per heavy atom. The maximum absolute atomic E-state index is 12.4. The second-order valence-corrected chi connectivity index (χ2v) is 8.60. The summed E-state index contributed by atoms with van der Waals surface area (Å²) in [4.78, 5) is 16.7. The number of sulfonamides is 1. The van der Waals surface area contributed by atoms with E-state index in [2.05, 4.69) is 4.90 Å². The third-order valence-corrected chi connectivity index (χ3v) is 6.31. The van der Waals surface area contributed by atoms with Crippen molar-refractivity contribution in [2.75, 3.05) is 54.4 Å². The van der Waals surface area contributed by atoms with Gasteiger partial charge in [-0.3, -0.25) is 4.79 Å². The van der Waals surface area contributed by atoms with Gasteiger partial charge in [-0.25, -0.2) is 12.7 Å². The fourth-order valence-corrected chi connectivity index (χ4v) is 3.73. The van der Waals surface area contributed by atoms with Crippen molar-refractivity contribution in [3.05, 3.63) is 23.8 Å². The number of methoxy groups -OCH3 is 1. The quantitative estimate of drug-likeness (QED) is 0.736. The van der Waals surface area contributed by atoms with Gasteiger partial charge in [0, 0.05) is 46.7 Å². The van der Waals surface area contributed by atoms with Gasteiger partial charge in [0.05, 0.1) is 12.0 Å². The van der Waals surface area contributed by atoms with Crippen LogP contribution in [0, 0.1) is 0 Å². The molecule has 0 saturated carbocycles. The molecule has 1 heterocycles. The van der Waals surface area contributed by atoms with Crippen LogP contribution in [0.3, 0.4) is 0 Å². The van der Waals surface area contributed by atoms with Crippen LogP contribution in [-0.2, 0) is 21.2 Å². The average molecular weight is 369 g/mol. The highest BCUT2D eigenvalue weighted by molar-refractivity contribution is 7.89. The first-order chi connectivity index (χ1) is 11.8. The van der Waals surface area contributed by atoms with Crippen LogP contribution in [0.15, 0.2) is 23.1 Å². The Kier molecular flexibility index (Phi) is 6.42. The van der Waals surface area contributed by atoms with Gasteiger partial charge in [0.25, 0.3) is 0 Å². The van der Waals surface area contributed by atoms with Gasteiger partial charge in [-0.15, -0.1) is 0 Å². The molecule has 1 saturated heterocycles. The van der Waals surface area contributed by atoms with Crippen LogP contribution < -0.4 is 4.74 Å². The normalized spacial score (nSPS) is 16.3. The molecule has 1 aliphatic rings. The lowest BCUT2D eigenvalue weighted by Gasteiger charge is -2.32. The predicted molar refractivity (Wildman–Crippen MR) is 96.3 cm³/mol. The molecule has 1 fully saturated rings. The monoisotopic (exact) mass is 369 g/mol. The Morgan fingerprint density at radius 1 is 1.20 bits per heavy atom. The van der Waals surface area contributed by atoms with Gasteiger partial charge in [-0.1, -0.05) is 0 Å². The van der Waals surface area contributed by atoms with Crippen molar-refractivity contribution in [2.45, 2.75) is 17.7 Å². The number of hydrogen-bond donors (Lipinski definition) is 0. The number of likely N-dealkylation sites (N-methyl/N-ethyl adjacent to an activating group) is 1. The number of hydrogen-bond acceptors (Lipinski definition) is 5. The maximum atomic E-state index is 12.4. The molecule has 0 atom stereocenters. The number of piperazine rings is 1. The van der Waals surface area contributed by atoms with Gasteiger partial charge >= 0.3 is 0 Å². The van der Waals surface area contributed by atoms with Crippen molar-refractivity contribution in [3.8, 4) is 5.75 Å². The van der Waals surface area contributed by atoms with E-state index in [0.29, 0.717) is 18.6 Å². The average Bonchev–Trinajstić information content (AvgIpc) is 2.59. The summed E-state index contributed by atoms with van der Waals surface area (Å²) in [5, 5.41) is 0. The lowest BCUT2D eigenvalue weighted by molar-refractivity contribution is -0.132. The second-order valence-electron chi connectivity index (χ2n) is 6.45. The molecule has 1 aliphatic heterocycles. The maximum Gasteiger partial charge on any atom is 0.242 e. The molecule has 0 N–H and O–H groups in total. The molecule has 0 radical (unpaired) electrons. The van der Waals surface area contributed by atoms with Gasteiger partial charge in [-0.2, -0.15) is 0 Å². The van der Waals surface area contributed by atoms with Crippen molar-refractivity contribution < 1.29 is 17.9 Å². The molecule has 0 bridgehead atoms. The molecule has 2 rings (SSSR count). The number of nitrogens with zero attached hydrogens (tertiary/aromatic N) is 3. The SMILES string of the molecule is COc1ccc(S(=O)(=O)N(C)C)cc1CCC(=O)N1CCN(C)CC1. The Hall–Kier alpha value is -1.64. The van der Waals surface area contributed by atoms with E-state index in [1.54, 1.807) is 19.2 Å². The summed E-state index contributed by atoms with van der Waals surface area (Å²) in [6, 6.07) is 4.78. The Bertz CT molecular complexity index is 711. The van der Waals surface area contributed by atoms with E-state index in [4.69, 9.17) is 4.74 Å². The van der Waals surface area contributed by atoms with Gasteiger partial charge in [0.2, 0.25) is 15.9 Å². The number of ether oxygens (including phenoxy) is 1. The van der Waals surface area contributed by atoms with Crippen LogP contribution in [0.4, 0.5) is 0 Å². The third kappa shape index (κ3) is 4.71. The first kappa shape index (κ1) is 19.7. The molecule has 0 aliphatic carbocycles. The van der Waals surface area contributed by atoms with Crippen LogP contribution in [0.5, 0.6) is 5.75 Å². The molecule has 1 aromatic carbocycles. The van der Waals surface area contributed by atoms with Crippen LogP contribution in [-0.4, -0.2) is 82.9 Å². The minimum absolute atomic E-state index is 0.0935. The van der Waals surface area contributed by atoms with E-state index in [0.717, 1.165) is 31.7 Å². The summed E-state index contributed by atoms with van der Waals surface area (Å²) in [6.45, 7) is 3.24. The number of amides is 1. The molecule has 0 spiro atoms. The number of aryl methyl sites for hydroxylation is 1. The zero-order chi connectivity index (χ0) is 18.6. The second kappa shape index (κ2) is 8.16. The summed E-state index contributed by atoms with van der Waals surface area (Å²) in [7, 11) is 3.07. The van der Waals surface area contributed by atoms with Gasteiger partial charge in [0.1, 0.15) is 5.75 Å². The summed E-state index contributed by atoms with van der Waals surface area (Å²) in [5.41, 5.74) is 0.730. The Balaban J connectivity index is 2.11. The molecule has 8 heteroatoms. The summed E-state index contributed by atoms with van der Waals surface area (Å²) < 4.78 is 31.1. The topological polar surface area (TPSA) is 70.2 Å². The summed E-state index contributed by atoms with van der Waals surface area (Å²) >= 11 is 0. The Morgan fingerprint density at radius 2 is 1.84 bits per heavy atom. The molecule has 25 heavy (non-hydrogen) atoms. The first-order valence-electron chi connectivity index (χ1n) is 8.31. The van der Waals surface area contributed by atoms with Crippen molar-refractivity contribution in [3.63, 3.8) is 0 Å². The molecule has 0 unspecified atom stereocenters. The van der Waals surface area contributed by atoms with E-state index in [9.17, 15) is 13.2 Å². The van der Waals surface area contributed by atoms with E-state index in [1.807, 2.05) is 11.9 Å². The lowest BCUT2D eigenvalue weighted by Crippen LogP contribution is -2.47. The zero-order valence-electron chi connectivity index (χ0n) is 15.4. The highest BCUT2D eigenvalue weighted by Crippen LogP contribution is 2.25. The van der Waals surface area contributed by atoms with Crippen molar-refractivity contribution in [1.29, 1.82) is 0 Å². The summed E-state index contributed by atoms with van der Waals surface area (Å²) in [5.74, 6) is 0.694. The number of carbonyl (C=O) groups excluding carboxylic acids is 1. The van der Waals surface area contributed by atoms with Crippen LogP contribution in [0.1, 0.15) is 12.0 Å². The molecular weight excluding hydrogens is 342 g/mol. The number of benzene rings is 1. The standard InChI is InChI=1S/C17H27N3O4S/c1-18(2)25(22,23)15-6-7-16(24-4)14(13-15)5-8-17(21)20-11-9-19(3)10-12-20/h6-7,13H,5,8-12H2,1-4H3. The van der Waals surface area contributed by atoms with Gasteiger partial charge in [0.15, 0.2) is 0 Å². The molecule has 140 valence electrons. The fraction of sp³-hybridized carbons (Fsp3) is 0.588. The minimum Gasteiger partial charge on any atom is -0.496 e. The minimum atomic E-state index is -3.51. The zero-order valence-corrected chi connectivity index (χ0v) is 16.2. The highest BCUT2D eigenvalue weighted by Gasteiger charge is 2.21. The number of carbonyl (C=O) groups is 1. The smallest absolute Gasteiger partial charge is 0.242 e. The number of rotatable bonds is 6. The molecule has 1 aromatic rings. The van der Waals surface area contributed by atoms with Gasteiger partial charge < -0.3 is 14.5 Å². The van der Waals surface area contributed by atoms with Crippen molar-refractivity contribution in [1.82, 2.24) is 14.1 Å². The van der Waals surface area contributed by atoms with Crippen LogP contribution >= 0.6 is 0 Å².